The van der Waals surface area contributed by atoms with Gasteiger partial charge in [0.1, 0.15) is 0 Å². The average Bonchev–Trinajstić information content (AvgIpc) is 2.04. The van der Waals surface area contributed by atoms with Crippen LogP contribution in [-0.4, -0.2) is 41.7 Å². The van der Waals surface area contributed by atoms with Crippen LogP contribution in [0.4, 0.5) is 4.79 Å². The van der Waals surface area contributed by atoms with Crippen LogP contribution >= 0.6 is 0 Å². The van der Waals surface area contributed by atoms with Gasteiger partial charge in [0.05, 0.1) is 0 Å². The molecule has 1 rings (SSSR count). The SMILES string of the molecule is O=[C](O)[SbH][c]1ccc(C(=O)O)cc1. The molecule has 68 valence electrons. The number of benzene rings is 1. The summed E-state index contributed by atoms with van der Waals surface area (Å²) in [6.07, 6.45) is 0. The van der Waals surface area contributed by atoms with E-state index >= 15 is 0 Å². The third-order valence-electron chi connectivity index (χ3n) is 1.38. The summed E-state index contributed by atoms with van der Waals surface area (Å²) in [6, 6.07) is 6.01. The minimum absolute atomic E-state index is 0.188. The maximum absolute atomic E-state index is 10.4. The van der Waals surface area contributed by atoms with Crippen LogP contribution in [-0.2, 0) is 0 Å². The van der Waals surface area contributed by atoms with Crippen molar-refractivity contribution >= 4 is 35.0 Å². The summed E-state index contributed by atoms with van der Waals surface area (Å²) >= 11 is -1.56. The summed E-state index contributed by atoms with van der Waals surface area (Å²) in [4.78, 5) is 20.8. The van der Waals surface area contributed by atoms with E-state index < -0.39 is 31.5 Å². The van der Waals surface area contributed by atoms with E-state index in [0.717, 1.165) is 3.51 Å². The average molecular weight is 289 g/mol. The van der Waals surface area contributed by atoms with Crippen LogP contribution < -0.4 is 3.51 Å². The van der Waals surface area contributed by atoms with E-state index in [2.05, 4.69) is 0 Å². The zero-order valence-corrected chi connectivity index (χ0v) is 9.37. The molecule has 0 atom stereocenters. The Morgan fingerprint density at radius 2 is 1.62 bits per heavy atom. The second kappa shape index (κ2) is 4.28. The third-order valence-corrected chi connectivity index (χ3v) is 3.77. The second-order valence-corrected chi connectivity index (χ2v) is 5.89. The summed E-state index contributed by atoms with van der Waals surface area (Å²) in [6.45, 7) is 0. The molecule has 13 heavy (non-hydrogen) atoms. The van der Waals surface area contributed by atoms with Crippen LogP contribution in [0.3, 0.4) is 0 Å². The molecule has 0 aliphatic rings. The topological polar surface area (TPSA) is 74.6 Å². The van der Waals surface area contributed by atoms with E-state index in [4.69, 9.17) is 10.2 Å². The summed E-state index contributed by atoms with van der Waals surface area (Å²) in [5, 5.41) is 17.1. The molecule has 0 bridgehead atoms. The predicted molar refractivity (Wildman–Crippen MR) is 48.2 cm³/mol. The molecule has 0 unspecified atom stereocenters. The van der Waals surface area contributed by atoms with Crippen molar-refractivity contribution in [1.82, 2.24) is 0 Å². The predicted octanol–water partition coefficient (Wildman–Crippen LogP) is 0.125. The van der Waals surface area contributed by atoms with Gasteiger partial charge in [-0.25, -0.2) is 0 Å². The van der Waals surface area contributed by atoms with Crippen LogP contribution in [0.5, 0.6) is 0 Å². The van der Waals surface area contributed by atoms with Crippen LogP contribution in [0, 0.1) is 0 Å². The van der Waals surface area contributed by atoms with Gasteiger partial charge in [0.2, 0.25) is 0 Å². The number of carboxylic acids is 1. The Kier molecular flexibility index (Phi) is 3.31. The first-order valence-corrected chi connectivity index (χ1v) is 6.28. The molecule has 0 aliphatic heterocycles. The first-order chi connectivity index (χ1) is 6.09. The van der Waals surface area contributed by atoms with Gasteiger partial charge in [0.15, 0.2) is 0 Å². The van der Waals surface area contributed by atoms with Crippen molar-refractivity contribution in [3.8, 4) is 0 Å². The Hall–Kier alpha value is -1.02. The molecule has 0 fully saturated rings. The van der Waals surface area contributed by atoms with Gasteiger partial charge in [-0.1, -0.05) is 0 Å². The molecule has 4 nitrogen and oxygen atoms in total. The van der Waals surface area contributed by atoms with E-state index in [-0.39, 0.29) is 5.56 Å². The molecule has 0 aliphatic carbocycles. The third kappa shape index (κ3) is 3.07. The van der Waals surface area contributed by atoms with Crippen LogP contribution in [0.2, 0.25) is 0 Å². The fraction of sp³-hybridized carbons (Fsp3) is 0. The molecular weight excluding hydrogens is 282 g/mol. The van der Waals surface area contributed by atoms with E-state index in [1.165, 1.54) is 12.1 Å². The minimum atomic E-state index is -1.56. The van der Waals surface area contributed by atoms with Gasteiger partial charge >= 0.3 is 84.6 Å². The van der Waals surface area contributed by atoms with Gasteiger partial charge in [-0.2, -0.15) is 0 Å². The molecule has 0 radical (unpaired) electrons. The number of rotatable bonds is 3. The first-order valence-electron chi connectivity index (χ1n) is 3.43. The number of carboxylic acid groups (broad SMARTS) is 2. The number of hydrogen-bond donors (Lipinski definition) is 2. The maximum atomic E-state index is 10.4. The molecule has 0 heterocycles. The fourth-order valence-corrected chi connectivity index (χ4v) is 2.48. The summed E-state index contributed by atoms with van der Waals surface area (Å²) in [5.74, 6) is -0.993. The Morgan fingerprint density at radius 3 is 2.00 bits per heavy atom. The van der Waals surface area contributed by atoms with E-state index in [1.54, 1.807) is 12.1 Å². The Bertz CT molecular complexity index is 331. The Balaban J connectivity index is 2.81. The van der Waals surface area contributed by atoms with Gasteiger partial charge in [-0.05, 0) is 0 Å². The Morgan fingerprint density at radius 1 is 1.08 bits per heavy atom. The molecule has 0 amide bonds. The van der Waals surface area contributed by atoms with Crippen molar-refractivity contribution in [3.05, 3.63) is 29.8 Å². The summed E-state index contributed by atoms with van der Waals surface area (Å²) in [5.41, 5.74) is 0.188. The Labute approximate surface area is 84.7 Å². The molecular formula is C8H7O4Sb. The number of carbonyl (C=O) groups is 2. The molecule has 5 heteroatoms. The molecule has 0 aromatic heterocycles. The van der Waals surface area contributed by atoms with Crippen molar-refractivity contribution < 1.29 is 19.8 Å². The van der Waals surface area contributed by atoms with Crippen LogP contribution in [0.1, 0.15) is 10.4 Å². The van der Waals surface area contributed by atoms with E-state index in [9.17, 15) is 9.59 Å². The van der Waals surface area contributed by atoms with Crippen LogP contribution in [0.25, 0.3) is 0 Å². The normalized spacial score (nSPS) is 9.54. The van der Waals surface area contributed by atoms with E-state index in [0.29, 0.717) is 0 Å². The standard InChI is InChI=1S/C7H5O2.CHO2.Sb.H/c8-7(9)6-4-2-1-3-5-6;2-1-3;;/h2-5H,(H,8,9);(H,2,3);;. The molecule has 1 aromatic carbocycles. The van der Waals surface area contributed by atoms with Gasteiger partial charge < -0.3 is 0 Å². The van der Waals surface area contributed by atoms with Crippen molar-refractivity contribution in [3.63, 3.8) is 0 Å². The van der Waals surface area contributed by atoms with Crippen molar-refractivity contribution in [2.24, 2.45) is 0 Å². The molecule has 2 N–H and O–H groups in total. The quantitative estimate of drug-likeness (QED) is 0.775. The van der Waals surface area contributed by atoms with E-state index in [1.807, 2.05) is 0 Å². The first kappa shape index (κ1) is 10.1. The monoisotopic (exact) mass is 288 g/mol. The molecule has 0 saturated carbocycles. The van der Waals surface area contributed by atoms with Gasteiger partial charge in [-0.15, -0.1) is 0 Å². The number of hydrogen-bond acceptors (Lipinski definition) is 2. The van der Waals surface area contributed by atoms with Gasteiger partial charge in [0, 0.05) is 0 Å². The fourth-order valence-electron chi connectivity index (χ4n) is 0.820. The number of aromatic carboxylic acids is 1. The van der Waals surface area contributed by atoms with Crippen molar-refractivity contribution in [2.45, 2.75) is 0 Å². The zero-order valence-electron chi connectivity index (χ0n) is 6.52. The van der Waals surface area contributed by atoms with Gasteiger partial charge in [0.25, 0.3) is 0 Å². The van der Waals surface area contributed by atoms with Crippen LogP contribution in [0.15, 0.2) is 24.3 Å². The summed E-state index contributed by atoms with van der Waals surface area (Å²) in [7, 11) is 0. The molecule has 1 aromatic rings. The second-order valence-electron chi connectivity index (χ2n) is 2.31. The molecule has 0 saturated heterocycles. The summed E-state index contributed by atoms with van der Waals surface area (Å²) < 4.78 is 0.00720. The van der Waals surface area contributed by atoms with Crippen molar-refractivity contribution in [2.75, 3.05) is 0 Å². The van der Waals surface area contributed by atoms with Gasteiger partial charge in [-0.3, -0.25) is 0 Å². The molecule has 0 spiro atoms. The van der Waals surface area contributed by atoms with Crippen molar-refractivity contribution in [1.29, 1.82) is 0 Å². The zero-order chi connectivity index (χ0) is 9.84.